The summed E-state index contributed by atoms with van der Waals surface area (Å²) in [6, 6.07) is 0. The molecule has 1 aromatic rings. The normalized spacial score (nSPS) is 50.5. The Labute approximate surface area is 224 Å². The smallest absolute Gasteiger partial charge is 0.137 e. The van der Waals surface area contributed by atoms with Gasteiger partial charge in [-0.15, -0.1) is 0 Å². The lowest BCUT2D eigenvalue weighted by Crippen LogP contribution is -2.66. The Bertz CT molecular complexity index is 1040. The Morgan fingerprint density at radius 1 is 0.919 bits per heavy atom. The van der Waals surface area contributed by atoms with Crippen LogP contribution in [0, 0.1) is 56.7 Å². The molecule has 0 radical (unpaired) electrons. The largest absolute Gasteiger partial charge is 0.396 e. The first-order chi connectivity index (χ1) is 17.4. The number of allylic oxidation sites excluding steroid dienone is 1. The molecule has 0 aromatic carbocycles. The zero-order valence-corrected chi connectivity index (χ0v) is 24.0. The van der Waals surface area contributed by atoms with E-state index in [4.69, 9.17) is 0 Å². The topological polar surface area (TPSA) is 71.2 Å². The van der Waals surface area contributed by atoms with E-state index in [1.807, 2.05) is 4.68 Å². The Balaban J connectivity index is 1.35. The molecule has 6 rings (SSSR count). The number of rotatable bonds is 4. The molecule has 5 fully saturated rings. The predicted molar refractivity (Wildman–Crippen MR) is 146 cm³/mol. The molecule has 1 aromatic heterocycles. The van der Waals surface area contributed by atoms with Crippen molar-refractivity contribution in [2.75, 3.05) is 6.61 Å². The van der Waals surface area contributed by atoms with Gasteiger partial charge in [-0.05, 0) is 121 Å². The molecule has 5 nitrogen and oxygen atoms in total. The van der Waals surface area contributed by atoms with Crippen LogP contribution in [0.5, 0.6) is 0 Å². The second kappa shape index (κ2) is 8.40. The lowest BCUT2D eigenvalue weighted by Gasteiger charge is -2.73. The zero-order valence-electron chi connectivity index (χ0n) is 24.0. The summed E-state index contributed by atoms with van der Waals surface area (Å²) in [7, 11) is 0. The summed E-state index contributed by atoms with van der Waals surface area (Å²) in [4.78, 5) is 4.15. The summed E-state index contributed by atoms with van der Waals surface area (Å²) in [5.41, 5.74) is 2.23. The molecular weight excluding hydrogens is 458 g/mol. The maximum atomic E-state index is 11.0. The fraction of sp³-hybridized carbons (Fsp3) is 0.875. The molecule has 5 aliphatic rings. The van der Waals surface area contributed by atoms with Gasteiger partial charge in [-0.3, -0.25) is 0 Å². The molecule has 206 valence electrons. The van der Waals surface area contributed by atoms with Crippen LogP contribution in [0.15, 0.2) is 24.8 Å². The lowest BCUT2D eigenvalue weighted by molar-refractivity contribution is -0.249. The van der Waals surface area contributed by atoms with Gasteiger partial charge in [0.2, 0.25) is 0 Å². The van der Waals surface area contributed by atoms with Crippen molar-refractivity contribution in [1.29, 1.82) is 0 Å². The summed E-state index contributed by atoms with van der Waals surface area (Å²) in [6.45, 7) is 18.3. The van der Waals surface area contributed by atoms with Crippen LogP contribution in [-0.4, -0.2) is 37.7 Å². The second-order valence-corrected chi connectivity index (χ2v) is 15.5. The van der Waals surface area contributed by atoms with Crippen molar-refractivity contribution >= 4 is 0 Å². The van der Waals surface area contributed by atoms with Crippen LogP contribution in [0.2, 0.25) is 0 Å². The molecule has 0 spiro atoms. The fourth-order valence-electron chi connectivity index (χ4n) is 12.1. The van der Waals surface area contributed by atoms with E-state index in [9.17, 15) is 10.2 Å². The number of hydrogen-bond acceptors (Lipinski definition) is 4. The molecule has 1 unspecified atom stereocenters. The third-order valence-corrected chi connectivity index (χ3v) is 14.3. The van der Waals surface area contributed by atoms with Gasteiger partial charge in [0.05, 0.1) is 12.6 Å². The van der Waals surface area contributed by atoms with Gasteiger partial charge in [-0.1, -0.05) is 46.8 Å². The average Bonchev–Trinajstić information content (AvgIpc) is 3.50. The number of nitrogens with zero attached hydrogens (tertiary/aromatic N) is 3. The zero-order chi connectivity index (χ0) is 26.4. The third kappa shape index (κ3) is 3.34. The minimum Gasteiger partial charge on any atom is -0.396 e. The van der Waals surface area contributed by atoms with E-state index in [1.165, 1.54) is 44.1 Å². The Hall–Kier alpha value is -1.20. The van der Waals surface area contributed by atoms with Gasteiger partial charge in [0.15, 0.2) is 0 Å². The third-order valence-electron chi connectivity index (χ3n) is 14.3. The van der Waals surface area contributed by atoms with Gasteiger partial charge >= 0.3 is 0 Å². The maximum absolute atomic E-state index is 11.0. The molecule has 1 heterocycles. The van der Waals surface area contributed by atoms with Crippen molar-refractivity contribution in [2.24, 2.45) is 56.7 Å². The van der Waals surface area contributed by atoms with Gasteiger partial charge in [-0.25, -0.2) is 9.67 Å². The van der Waals surface area contributed by atoms with E-state index in [0.29, 0.717) is 47.0 Å². The monoisotopic (exact) mass is 509 g/mol. The maximum Gasteiger partial charge on any atom is 0.137 e. The van der Waals surface area contributed by atoms with Crippen LogP contribution in [0.25, 0.3) is 0 Å². The summed E-state index contributed by atoms with van der Waals surface area (Å²) in [5.74, 6) is 2.92. The number of hydrogen-bond donors (Lipinski definition) is 2. The summed E-state index contributed by atoms with van der Waals surface area (Å²) >= 11 is 0. The van der Waals surface area contributed by atoms with Gasteiger partial charge in [0, 0.05) is 6.61 Å². The fourth-order valence-corrected chi connectivity index (χ4v) is 12.1. The quantitative estimate of drug-likeness (QED) is 0.469. The van der Waals surface area contributed by atoms with E-state index < -0.39 is 0 Å². The predicted octanol–water partition coefficient (Wildman–Crippen LogP) is 6.27. The molecule has 10 atom stereocenters. The molecule has 5 heteroatoms. The Kier molecular flexibility index (Phi) is 5.91. The highest BCUT2D eigenvalue weighted by molar-refractivity contribution is 5.22. The van der Waals surface area contributed by atoms with Crippen LogP contribution < -0.4 is 0 Å². The molecule has 0 amide bonds. The van der Waals surface area contributed by atoms with Crippen LogP contribution in [0.3, 0.4) is 0 Å². The first-order valence-electron chi connectivity index (χ1n) is 15.2. The van der Waals surface area contributed by atoms with Gasteiger partial charge < -0.3 is 10.2 Å². The number of aliphatic hydroxyl groups excluding tert-OH is 2. The molecule has 0 saturated heterocycles. The van der Waals surface area contributed by atoms with E-state index in [-0.39, 0.29) is 22.3 Å². The minimum atomic E-state index is -0.169. The van der Waals surface area contributed by atoms with E-state index in [2.05, 4.69) is 51.3 Å². The van der Waals surface area contributed by atoms with Gasteiger partial charge in [0.25, 0.3) is 0 Å². The summed E-state index contributed by atoms with van der Waals surface area (Å²) < 4.78 is 1.92. The summed E-state index contributed by atoms with van der Waals surface area (Å²) in [6.07, 6.45) is 15.2. The van der Waals surface area contributed by atoms with E-state index >= 15 is 0 Å². The van der Waals surface area contributed by atoms with Crippen molar-refractivity contribution in [2.45, 2.75) is 111 Å². The SMILES string of the molecule is C=C(Cn1cncn1)[C@@H]1CC[C@]2(CO)CC[C@]3(C)[C@H](CC[C@@H]4[C@@]5(C)CCC(O)C(C)(C)[C@@H]5CC[C@]43C)[C@@H]12. The first-order valence-corrected chi connectivity index (χ1v) is 15.2. The number of aliphatic hydroxyl groups is 2. The molecule has 5 saturated carbocycles. The minimum absolute atomic E-state index is 0.000335. The molecular formula is C32H51N3O2. The van der Waals surface area contributed by atoms with Crippen molar-refractivity contribution in [3.63, 3.8) is 0 Å². The Morgan fingerprint density at radius 3 is 2.41 bits per heavy atom. The molecule has 5 aliphatic carbocycles. The van der Waals surface area contributed by atoms with Crippen LogP contribution in [-0.2, 0) is 6.54 Å². The highest BCUT2D eigenvalue weighted by Crippen LogP contribution is 2.77. The van der Waals surface area contributed by atoms with Crippen molar-refractivity contribution in [3.8, 4) is 0 Å². The number of fused-ring (bicyclic) bond motifs is 7. The Morgan fingerprint density at radius 2 is 1.70 bits per heavy atom. The average molecular weight is 510 g/mol. The number of aromatic nitrogens is 3. The standard InChI is InChI=1S/C32H51N3O2/c1-21(17-35-20-33-19-34-35)22-9-14-32(18-36)16-15-30(5)23(27(22)32)7-8-25-29(4)12-11-26(37)28(2,3)24(29)10-13-31(25,30)6/h19-20,22-27,36-37H,1,7-18H2,2-6H3/t22-,23+,24-,25+,26?,27+,29-,30+,31+,32+/m0/s1. The van der Waals surface area contributed by atoms with Crippen LogP contribution in [0.4, 0.5) is 0 Å². The lowest BCUT2D eigenvalue weighted by atomic mass is 9.32. The highest BCUT2D eigenvalue weighted by atomic mass is 16.3. The van der Waals surface area contributed by atoms with E-state index in [0.717, 1.165) is 32.2 Å². The molecule has 37 heavy (non-hydrogen) atoms. The van der Waals surface area contributed by atoms with Gasteiger partial charge in [-0.2, -0.15) is 5.10 Å². The molecule has 0 bridgehead atoms. The van der Waals surface area contributed by atoms with E-state index in [1.54, 1.807) is 12.7 Å². The van der Waals surface area contributed by atoms with Crippen LogP contribution in [0.1, 0.15) is 98.8 Å². The second-order valence-electron chi connectivity index (χ2n) is 15.5. The first kappa shape index (κ1) is 26.0. The van der Waals surface area contributed by atoms with Gasteiger partial charge in [0.1, 0.15) is 12.7 Å². The molecule has 0 aliphatic heterocycles. The highest BCUT2D eigenvalue weighted by Gasteiger charge is 2.70. The van der Waals surface area contributed by atoms with Crippen LogP contribution >= 0.6 is 0 Å². The van der Waals surface area contributed by atoms with Crippen molar-refractivity contribution in [3.05, 3.63) is 24.8 Å². The molecule has 2 N–H and O–H groups in total. The summed E-state index contributed by atoms with van der Waals surface area (Å²) in [5, 5.41) is 26.2. The van der Waals surface area contributed by atoms with Crippen molar-refractivity contribution in [1.82, 2.24) is 14.8 Å². The van der Waals surface area contributed by atoms with Crippen molar-refractivity contribution < 1.29 is 10.2 Å².